The van der Waals surface area contributed by atoms with Crippen LogP contribution >= 0.6 is 0 Å². The van der Waals surface area contributed by atoms with Crippen LogP contribution in [0, 0.1) is 14.0 Å². The third kappa shape index (κ3) is 2.66. The standard InChI is InChI=1S/C15H17NO/c1-11-9-13(3-4-14(11)10-16-2)12-5-7-15(17)8-6-12/h3-9,17H,2,10,16H2,1H3. The minimum absolute atomic E-state index is 0.300. The Morgan fingerprint density at radius 3 is 2.29 bits per heavy atom. The number of aryl methyl sites for hydroxylation is 1. The van der Waals surface area contributed by atoms with E-state index in [0.717, 1.165) is 12.1 Å². The van der Waals surface area contributed by atoms with Crippen LogP contribution in [0.25, 0.3) is 11.1 Å². The van der Waals surface area contributed by atoms with Crippen molar-refractivity contribution in [3.05, 3.63) is 60.6 Å². The highest BCUT2D eigenvalue weighted by Gasteiger charge is 2.02. The summed E-state index contributed by atoms with van der Waals surface area (Å²) in [6.45, 7) is 3.02. The summed E-state index contributed by atoms with van der Waals surface area (Å²) in [5.74, 6) is 0.300. The van der Waals surface area contributed by atoms with Gasteiger partial charge in [-0.25, -0.2) is 0 Å². The van der Waals surface area contributed by atoms with Crippen molar-refractivity contribution in [2.45, 2.75) is 13.5 Å². The quantitative estimate of drug-likeness (QED) is 0.775. The molecule has 0 bridgehead atoms. The second-order valence-corrected chi connectivity index (χ2v) is 4.18. The van der Waals surface area contributed by atoms with E-state index in [2.05, 4.69) is 32.2 Å². The zero-order valence-corrected chi connectivity index (χ0v) is 9.98. The van der Waals surface area contributed by atoms with Crippen LogP contribution < -0.4 is 5.32 Å². The number of quaternary nitrogens is 1. The van der Waals surface area contributed by atoms with Crippen molar-refractivity contribution in [3.63, 3.8) is 0 Å². The third-order valence-corrected chi connectivity index (χ3v) is 2.91. The Morgan fingerprint density at radius 1 is 1.06 bits per heavy atom. The summed E-state index contributed by atoms with van der Waals surface area (Å²) in [5.41, 5.74) is 4.88. The molecule has 2 aromatic rings. The molecule has 0 heterocycles. The van der Waals surface area contributed by atoms with Gasteiger partial charge in [0.15, 0.2) is 0 Å². The van der Waals surface area contributed by atoms with Crippen LogP contribution in [0.2, 0.25) is 0 Å². The first-order valence-corrected chi connectivity index (χ1v) is 5.70. The molecule has 0 fully saturated rings. The number of nitrogens with two attached hydrogens (primary N) is 1. The maximum absolute atomic E-state index is 9.26. The van der Waals surface area contributed by atoms with Gasteiger partial charge < -0.3 is 10.4 Å². The molecule has 2 aromatic carbocycles. The first-order valence-electron chi connectivity index (χ1n) is 5.70. The zero-order chi connectivity index (χ0) is 12.3. The highest BCUT2D eigenvalue weighted by molar-refractivity contribution is 5.65. The maximum atomic E-state index is 9.26. The Hall–Kier alpha value is -1.80. The summed E-state index contributed by atoms with van der Waals surface area (Å²) in [7, 11) is 3.76. The summed E-state index contributed by atoms with van der Waals surface area (Å²) in [6.07, 6.45) is 0. The Balaban J connectivity index is 2.34. The van der Waals surface area contributed by atoms with Crippen LogP contribution in [-0.4, -0.2) is 5.11 Å². The molecule has 0 aliphatic carbocycles. The number of phenols is 1. The van der Waals surface area contributed by atoms with E-state index in [1.54, 1.807) is 12.1 Å². The molecule has 0 unspecified atom stereocenters. The first kappa shape index (κ1) is 11.7. The number of hydrogen-bond donors (Lipinski definition) is 2. The van der Waals surface area contributed by atoms with E-state index in [1.165, 1.54) is 16.7 Å². The van der Waals surface area contributed by atoms with Crippen molar-refractivity contribution in [2.75, 3.05) is 0 Å². The van der Waals surface area contributed by atoms with Crippen LogP contribution in [0.4, 0.5) is 0 Å². The van der Waals surface area contributed by atoms with E-state index >= 15 is 0 Å². The van der Waals surface area contributed by atoms with Crippen molar-refractivity contribution in [1.82, 2.24) is 0 Å². The Bertz CT molecular complexity index is 503. The van der Waals surface area contributed by atoms with Crippen LogP contribution in [0.15, 0.2) is 42.5 Å². The van der Waals surface area contributed by atoms with Crippen LogP contribution in [0.3, 0.4) is 0 Å². The van der Waals surface area contributed by atoms with Gasteiger partial charge in [0.25, 0.3) is 0 Å². The predicted octanol–water partition coefficient (Wildman–Crippen LogP) is 2.22. The van der Waals surface area contributed by atoms with Gasteiger partial charge in [-0.2, -0.15) is 7.05 Å². The molecule has 17 heavy (non-hydrogen) atoms. The molecule has 3 N–H and O–H groups in total. The van der Waals surface area contributed by atoms with Crippen LogP contribution in [0.1, 0.15) is 11.1 Å². The van der Waals surface area contributed by atoms with Gasteiger partial charge in [-0.05, 0) is 35.7 Å². The number of rotatable bonds is 3. The second-order valence-electron chi connectivity index (χ2n) is 4.18. The first-order chi connectivity index (χ1) is 8.20. The molecule has 0 aliphatic heterocycles. The Morgan fingerprint density at radius 2 is 1.71 bits per heavy atom. The molecule has 2 nitrogen and oxygen atoms in total. The van der Waals surface area contributed by atoms with Crippen molar-refractivity contribution in [2.24, 2.45) is 0 Å². The number of aromatic hydroxyl groups is 1. The fraction of sp³-hybridized carbons (Fsp3) is 0.133. The van der Waals surface area contributed by atoms with Gasteiger partial charge in [0, 0.05) is 5.56 Å². The van der Waals surface area contributed by atoms with Gasteiger partial charge in [0.2, 0.25) is 0 Å². The third-order valence-electron chi connectivity index (χ3n) is 2.91. The molecule has 0 spiro atoms. The Kier molecular flexibility index (Phi) is 3.45. The smallest absolute Gasteiger partial charge is 0.115 e. The van der Waals surface area contributed by atoms with Crippen molar-refractivity contribution in [1.29, 1.82) is 0 Å². The molecule has 0 radical (unpaired) electrons. The normalized spacial score (nSPS) is 10.5. The van der Waals surface area contributed by atoms with Gasteiger partial charge in [0.1, 0.15) is 5.75 Å². The lowest BCUT2D eigenvalue weighted by Crippen LogP contribution is -2.74. The SMILES string of the molecule is [CH2-][NH2+]Cc1ccc(-c2ccc(O)cc2)cc1C. The van der Waals surface area contributed by atoms with Crippen molar-refractivity contribution < 1.29 is 10.4 Å². The molecule has 0 amide bonds. The number of benzene rings is 2. The van der Waals surface area contributed by atoms with E-state index in [4.69, 9.17) is 0 Å². The highest BCUT2D eigenvalue weighted by atomic mass is 16.3. The average Bonchev–Trinajstić information content (AvgIpc) is 2.33. The van der Waals surface area contributed by atoms with Gasteiger partial charge in [-0.15, -0.1) is 0 Å². The fourth-order valence-corrected chi connectivity index (χ4v) is 1.91. The molecule has 2 rings (SSSR count). The van der Waals surface area contributed by atoms with Gasteiger partial charge in [0.05, 0.1) is 6.54 Å². The summed E-state index contributed by atoms with van der Waals surface area (Å²) in [4.78, 5) is 0. The number of hydrogen-bond acceptors (Lipinski definition) is 1. The maximum Gasteiger partial charge on any atom is 0.115 e. The topological polar surface area (TPSA) is 36.8 Å². The summed E-state index contributed by atoms with van der Waals surface area (Å²) >= 11 is 0. The van der Waals surface area contributed by atoms with E-state index in [1.807, 2.05) is 17.4 Å². The minimum atomic E-state index is 0.300. The lowest BCUT2D eigenvalue weighted by molar-refractivity contribution is -0.612. The highest BCUT2D eigenvalue weighted by Crippen LogP contribution is 2.23. The van der Waals surface area contributed by atoms with Gasteiger partial charge in [-0.3, -0.25) is 0 Å². The molecule has 0 saturated heterocycles. The lowest BCUT2D eigenvalue weighted by atomic mass is 10.00. The molecule has 2 heteroatoms. The van der Waals surface area contributed by atoms with Gasteiger partial charge in [-0.1, -0.05) is 30.3 Å². The van der Waals surface area contributed by atoms with Crippen LogP contribution in [0.5, 0.6) is 5.75 Å². The van der Waals surface area contributed by atoms with E-state index < -0.39 is 0 Å². The van der Waals surface area contributed by atoms with E-state index in [9.17, 15) is 5.11 Å². The van der Waals surface area contributed by atoms with Crippen molar-refractivity contribution >= 4 is 0 Å². The zero-order valence-electron chi connectivity index (χ0n) is 9.98. The fourth-order valence-electron chi connectivity index (χ4n) is 1.91. The molecule has 0 atom stereocenters. The van der Waals surface area contributed by atoms with Crippen LogP contribution in [-0.2, 0) is 6.54 Å². The Labute approximate surface area is 102 Å². The molecule has 88 valence electrons. The van der Waals surface area contributed by atoms with E-state index in [0.29, 0.717) is 5.75 Å². The summed E-state index contributed by atoms with van der Waals surface area (Å²) < 4.78 is 0. The van der Waals surface area contributed by atoms with Crippen molar-refractivity contribution in [3.8, 4) is 16.9 Å². The predicted molar refractivity (Wildman–Crippen MR) is 69.3 cm³/mol. The average molecular weight is 227 g/mol. The molecular formula is C15H17NO. The molecule has 0 aromatic heterocycles. The molecule has 0 aliphatic rings. The monoisotopic (exact) mass is 227 g/mol. The second kappa shape index (κ2) is 5.02. The largest absolute Gasteiger partial charge is 0.508 e. The molecular weight excluding hydrogens is 210 g/mol. The number of phenolic OH excluding ortho intramolecular Hbond substituents is 1. The molecule has 0 saturated carbocycles. The lowest BCUT2D eigenvalue weighted by Gasteiger charge is -2.08. The summed E-state index contributed by atoms with van der Waals surface area (Å²) in [6, 6.07) is 13.7. The summed E-state index contributed by atoms with van der Waals surface area (Å²) in [5, 5.41) is 11.2. The minimum Gasteiger partial charge on any atom is -0.508 e. The van der Waals surface area contributed by atoms with Gasteiger partial charge >= 0.3 is 0 Å². The van der Waals surface area contributed by atoms with E-state index in [-0.39, 0.29) is 0 Å².